The Bertz CT molecular complexity index is 1090. The Labute approximate surface area is 312 Å². The van der Waals surface area contributed by atoms with E-state index in [1.165, 1.54) is 18.9 Å². The molecule has 0 bridgehead atoms. The summed E-state index contributed by atoms with van der Waals surface area (Å²) >= 11 is 0. The first kappa shape index (κ1) is 49.6. The van der Waals surface area contributed by atoms with E-state index >= 15 is 0 Å². The second-order valence-corrected chi connectivity index (χ2v) is 14.1. The van der Waals surface area contributed by atoms with Crippen molar-refractivity contribution in [3.8, 4) is 0 Å². The van der Waals surface area contributed by atoms with Gasteiger partial charge in [0.15, 0.2) is 6.10 Å². The van der Waals surface area contributed by atoms with Crippen LogP contribution >= 0.6 is 7.82 Å². The summed E-state index contributed by atoms with van der Waals surface area (Å²) in [6.07, 6.45) is 27.7. The highest BCUT2D eigenvalue weighted by Crippen LogP contribution is 2.43. The molecule has 12 nitrogen and oxygen atoms in total. The second-order valence-electron chi connectivity index (χ2n) is 12.7. The van der Waals surface area contributed by atoms with Crippen LogP contribution in [0, 0.1) is 0 Å². The third-order valence-electron chi connectivity index (χ3n) is 7.74. The van der Waals surface area contributed by atoms with Gasteiger partial charge < -0.3 is 35.4 Å². The number of esters is 2. The van der Waals surface area contributed by atoms with E-state index < -0.39 is 50.8 Å². The van der Waals surface area contributed by atoms with Crippen molar-refractivity contribution < 1.29 is 52.9 Å². The number of hydrogen-bond acceptors (Lipinski definition) is 11. The minimum atomic E-state index is -4.47. The van der Waals surface area contributed by atoms with Crippen LogP contribution in [0.1, 0.15) is 123 Å². The van der Waals surface area contributed by atoms with E-state index in [2.05, 4.69) is 26.0 Å². The maximum absolute atomic E-state index is 12.6. The Morgan fingerprint density at radius 3 is 2.00 bits per heavy atom. The van der Waals surface area contributed by atoms with Crippen LogP contribution in [-0.2, 0) is 32.7 Å². The number of rotatable bonds is 34. The van der Waals surface area contributed by atoms with Gasteiger partial charge in [-0.15, -0.1) is 0 Å². The minimum absolute atomic E-state index is 0.00592. The summed E-state index contributed by atoms with van der Waals surface area (Å²) in [6, 6.07) is 0. The fourth-order valence-electron chi connectivity index (χ4n) is 4.70. The molecular formula is C39H68NO11P. The maximum atomic E-state index is 12.6. The molecule has 0 aliphatic heterocycles. The molecular weight excluding hydrogens is 689 g/mol. The quantitative estimate of drug-likeness (QED) is 0.0148. The number of hydrogen-bond donors (Lipinski definition) is 5. The number of aliphatic hydroxyl groups excluding tert-OH is 3. The van der Waals surface area contributed by atoms with Crippen molar-refractivity contribution in [2.45, 2.75) is 147 Å². The van der Waals surface area contributed by atoms with Gasteiger partial charge in [0.05, 0.1) is 31.5 Å². The van der Waals surface area contributed by atoms with Crippen LogP contribution in [0.3, 0.4) is 0 Å². The third-order valence-corrected chi connectivity index (χ3v) is 8.73. The number of phosphoric ester groups is 1. The number of ether oxygens (including phenoxy) is 2. The average molecular weight is 758 g/mol. The Morgan fingerprint density at radius 1 is 0.692 bits per heavy atom. The molecule has 300 valence electrons. The molecule has 0 saturated carbocycles. The van der Waals surface area contributed by atoms with Gasteiger partial charge in [0.2, 0.25) is 0 Å². The van der Waals surface area contributed by atoms with E-state index in [0.29, 0.717) is 6.42 Å². The van der Waals surface area contributed by atoms with E-state index in [9.17, 15) is 34.4 Å². The molecule has 0 heterocycles. The molecule has 0 rings (SSSR count). The molecule has 0 aromatic rings. The predicted octanol–water partition coefficient (Wildman–Crippen LogP) is 7.07. The molecule has 6 N–H and O–H groups in total. The highest BCUT2D eigenvalue weighted by molar-refractivity contribution is 7.47. The molecule has 0 amide bonds. The maximum Gasteiger partial charge on any atom is 0.472 e. The Kier molecular flexibility index (Phi) is 32.8. The van der Waals surface area contributed by atoms with E-state index in [-0.39, 0.29) is 45.4 Å². The van der Waals surface area contributed by atoms with Gasteiger partial charge in [0.25, 0.3) is 0 Å². The van der Waals surface area contributed by atoms with Crippen LogP contribution in [0.25, 0.3) is 0 Å². The first-order valence-corrected chi connectivity index (χ1v) is 20.6. The second kappa shape index (κ2) is 34.4. The third kappa shape index (κ3) is 32.3. The van der Waals surface area contributed by atoms with Crippen LogP contribution in [-0.4, -0.2) is 82.9 Å². The topological polar surface area (TPSA) is 195 Å². The number of phosphoric acid groups is 1. The molecule has 52 heavy (non-hydrogen) atoms. The zero-order valence-electron chi connectivity index (χ0n) is 31.6. The van der Waals surface area contributed by atoms with Crippen molar-refractivity contribution in [1.82, 2.24) is 0 Å². The van der Waals surface area contributed by atoms with Crippen molar-refractivity contribution in [1.29, 1.82) is 0 Å². The van der Waals surface area contributed by atoms with Crippen LogP contribution in [0.4, 0.5) is 0 Å². The number of carbonyl (C=O) groups excluding carboxylic acids is 2. The fraction of sp³-hybridized carbons (Fsp3) is 0.692. The molecule has 0 aliphatic rings. The standard InChI is InChI=1S/C39H68NO11P/c1-3-5-7-8-9-10-11-12-13-18-22-28-38(44)48-32-35(33-50-52(46,47)49-31-30-40)51-39(45)29-23-27-37(43)36(42)26-21-17-15-14-16-20-25-34(41)24-19-6-4-2/h8-9,14-17,20-21,25-26,34-37,41-43H,3-7,10-13,18-19,22-24,27-33,40H2,1-2H3,(H,46,47)/b9-8-,16-14-,17-15+,25-20+,26-21+/t34-,35+,36-,37-/m0/s1. The predicted molar refractivity (Wildman–Crippen MR) is 205 cm³/mol. The van der Waals surface area contributed by atoms with E-state index in [0.717, 1.165) is 64.2 Å². The summed E-state index contributed by atoms with van der Waals surface area (Å²) in [5.41, 5.74) is 5.30. The van der Waals surface area contributed by atoms with Crippen molar-refractivity contribution in [3.05, 3.63) is 60.8 Å². The number of carbonyl (C=O) groups is 2. The lowest BCUT2D eigenvalue weighted by molar-refractivity contribution is -0.161. The normalized spacial score (nSPS) is 15.9. The van der Waals surface area contributed by atoms with Crippen LogP contribution in [0.5, 0.6) is 0 Å². The summed E-state index contributed by atoms with van der Waals surface area (Å²) in [7, 11) is -4.47. The molecule has 0 aliphatic carbocycles. The summed E-state index contributed by atoms with van der Waals surface area (Å²) in [4.78, 5) is 34.7. The molecule has 1 unspecified atom stereocenters. The highest BCUT2D eigenvalue weighted by Gasteiger charge is 2.26. The van der Waals surface area contributed by atoms with Gasteiger partial charge in [-0.2, -0.15) is 0 Å². The summed E-state index contributed by atoms with van der Waals surface area (Å²) in [6.45, 7) is 3.13. The van der Waals surface area contributed by atoms with E-state index in [1.54, 1.807) is 42.5 Å². The lowest BCUT2D eigenvalue weighted by Gasteiger charge is -2.20. The summed E-state index contributed by atoms with van der Waals surface area (Å²) in [5, 5.41) is 30.4. The van der Waals surface area contributed by atoms with Gasteiger partial charge in [-0.1, -0.05) is 126 Å². The van der Waals surface area contributed by atoms with Gasteiger partial charge in [-0.3, -0.25) is 18.6 Å². The summed E-state index contributed by atoms with van der Waals surface area (Å²) < 4.78 is 32.4. The molecule has 5 atom stereocenters. The molecule has 0 radical (unpaired) electrons. The van der Waals surface area contributed by atoms with Crippen molar-refractivity contribution >= 4 is 19.8 Å². The van der Waals surface area contributed by atoms with Crippen molar-refractivity contribution in [2.75, 3.05) is 26.4 Å². The molecule has 0 spiro atoms. The van der Waals surface area contributed by atoms with Crippen LogP contribution in [0.15, 0.2) is 60.8 Å². The fourth-order valence-corrected chi connectivity index (χ4v) is 5.47. The Morgan fingerprint density at radius 2 is 1.31 bits per heavy atom. The van der Waals surface area contributed by atoms with Gasteiger partial charge in [-0.25, -0.2) is 4.57 Å². The largest absolute Gasteiger partial charge is 0.472 e. The van der Waals surface area contributed by atoms with Gasteiger partial charge in [0, 0.05) is 19.4 Å². The smallest absolute Gasteiger partial charge is 0.462 e. The number of unbranched alkanes of at least 4 members (excludes halogenated alkanes) is 9. The monoisotopic (exact) mass is 757 g/mol. The number of nitrogens with two attached hydrogens (primary N) is 1. The molecule has 0 aromatic carbocycles. The Balaban J connectivity index is 4.63. The first-order valence-electron chi connectivity index (χ1n) is 19.1. The molecule has 13 heteroatoms. The zero-order valence-corrected chi connectivity index (χ0v) is 32.5. The highest BCUT2D eigenvalue weighted by atomic mass is 31.2. The molecule has 0 aromatic heterocycles. The molecule has 0 fully saturated rings. The van der Waals surface area contributed by atoms with Crippen molar-refractivity contribution in [3.63, 3.8) is 0 Å². The van der Waals surface area contributed by atoms with E-state index in [4.69, 9.17) is 24.3 Å². The minimum Gasteiger partial charge on any atom is -0.462 e. The van der Waals surface area contributed by atoms with E-state index in [1.807, 2.05) is 0 Å². The Hall–Kier alpha value is -2.41. The lowest BCUT2D eigenvalue weighted by atomic mass is 10.1. The average Bonchev–Trinajstić information content (AvgIpc) is 3.11. The van der Waals surface area contributed by atoms with Crippen LogP contribution < -0.4 is 5.73 Å². The number of aliphatic hydroxyl groups is 3. The van der Waals surface area contributed by atoms with Crippen LogP contribution in [0.2, 0.25) is 0 Å². The van der Waals surface area contributed by atoms with Crippen molar-refractivity contribution in [2.24, 2.45) is 5.73 Å². The van der Waals surface area contributed by atoms with Gasteiger partial charge in [-0.05, 0) is 44.9 Å². The SMILES string of the molecule is CCCC/C=C\CCCCCCCC(=O)OC[C@H](COP(=O)(O)OCCN)OC(=O)CCC[C@H](O)[C@@H](O)/C=C/C=C/C=C\C=C\[C@@H](O)CCCCC. The number of allylic oxidation sites excluding steroid dienone is 8. The lowest BCUT2D eigenvalue weighted by Crippen LogP contribution is -2.30. The zero-order chi connectivity index (χ0) is 38.7. The van der Waals surface area contributed by atoms with Gasteiger partial charge in [0.1, 0.15) is 6.61 Å². The molecule has 0 saturated heterocycles. The summed E-state index contributed by atoms with van der Waals surface area (Å²) in [5.74, 6) is -1.18. The first-order chi connectivity index (χ1) is 25.0. The van der Waals surface area contributed by atoms with Gasteiger partial charge >= 0.3 is 19.8 Å².